The van der Waals surface area contributed by atoms with Crippen molar-refractivity contribution < 1.29 is 19.0 Å². The standard InChI is InChI=1S/C24H24N4O4/c1-30-18-7-4-16(5-8-18)10-12-25-24(29)20-15-23-26-19(11-13-28(23)27-20)17-6-9-21(31-2)22(14-17)32-3/h4-9,11,13-15H,10,12H2,1-3H3,(H,25,29). The van der Waals surface area contributed by atoms with Crippen LogP contribution in [0.3, 0.4) is 0 Å². The Hall–Kier alpha value is -4.07. The van der Waals surface area contributed by atoms with Crippen molar-refractivity contribution in [2.45, 2.75) is 6.42 Å². The summed E-state index contributed by atoms with van der Waals surface area (Å²) < 4.78 is 17.4. The smallest absolute Gasteiger partial charge is 0.271 e. The predicted molar refractivity (Wildman–Crippen MR) is 121 cm³/mol. The van der Waals surface area contributed by atoms with Crippen molar-refractivity contribution >= 4 is 11.6 Å². The lowest BCUT2D eigenvalue weighted by Crippen LogP contribution is -2.26. The number of aromatic nitrogens is 3. The number of ether oxygens (including phenoxy) is 3. The topological polar surface area (TPSA) is 87.0 Å². The molecule has 2 aromatic heterocycles. The lowest BCUT2D eigenvalue weighted by molar-refractivity contribution is 0.0949. The van der Waals surface area contributed by atoms with Crippen LogP contribution in [0.4, 0.5) is 0 Å². The first-order valence-electron chi connectivity index (χ1n) is 10.1. The Morgan fingerprint density at radius 3 is 2.44 bits per heavy atom. The van der Waals surface area contributed by atoms with Gasteiger partial charge in [-0.05, 0) is 48.4 Å². The maximum atomic E-state index is 12.5. The molecule has 0 saturated heterocycles. The Kier molecular flexibility index (Phi) is 6.21. The average molecular weight is 432 g/mol. The first-order chi connectivity index (χ1) is 15.6. The van der Waals surface area contributed by atoms with Gasteiger partial charge in [0.1, 0.15) is 5.75 Å². The van der Waals surface area contributed by atoms with Crippen LogP contribution in [0.1, 0.15) is 16.1 Å². The maximum absolute atomic E-state index is 12.5. The molecule has 4 rings (SSSR count). The van der Waals surface area contributed by atoms with Gasteiger partial charge in [-0.15, -0.1) is 0 Å². The van der Waals surface area contributed by atoms with E-state index in [4.69, 9.17) is 14.2 Å². The van der Waals surface area contributed by atoms with Crippen molar-refractivity contribution in [3.8, 4) is 28.5 Å². The third-order valence-corrected chi connectivity index (χ3v) is 5.09. The minimum Gasteiger partial charge on any atom is -0.497 e. The molecule has 4 aromatic rings. The molecule has 0 aliphatic rings. The van der Waals surface area contributed by atoms with Crippen LogP contribution in [-0.2, 0) is 6.42 Å². The third kappa shape index (κ3) is 4.49. The number of methoxy groups -OCH3 is 3. The molecular weight excluding hydrogens is 408 g/mol. The Bertz CT molecular complexity index is 1230. The number of rotatable bonds is 8. The fourth-order valence-electron chi connectivity index (χ4n) is 3.35. The summed E-state index contributed by atoms with van der Waals surface area (Å²) in [5.74, 6) is 1.84. The summed E-state index contributed by atoms with van der Waals surface area (Å²) in [7, 11) is 4.82. The Morgan fingerprint density at radius 2 is 1.72 bits per heavy atom. The summed E-state index contributed by atoms with van der Waals surface area (Å²) in [5.41, 5.74) is 3.62. The average Bonchev–Trinajstić information content (AvgIpc) is 3.27. The Balaban J connectivity index is 1.45. The zero-order valence-corrected chi connectivity index (χ0v) is 18.2. The van der Waals surface area contributed by atoms with E-state index in [-0.39, 0.29) is 5.91 Å². The lowest BCUT2D eigenvalue weighted by atomic mass is 10.1. The highest BCUT2D eigenvalue weighted by atomic mass is 16.5. The van der Waals surface area contributed by atoms with E-state index < -0.39 is 0 Å². The molecule has 0 aliphatic carbocycles. The summed E-state index contributed by atoms with van der Waals surface area (Å²) in [5, 5.41) is 7.24. The quantitative estimate of drug-likeness (QED) is 0.459. The Morgan fingerprint density at radius 1 is 0.938 bits per heavy atom. The number of nitrogens with zero attached hydrogens (tertiary/aromatic N) is 3. The molecule has 2 aromatic carbocycles. The highest BCUT2D eigenvalue weighted by Gasteiger charge is 2.13. The molecule has 0 radical (unpaired) electrons. The van der Waals surface area contributed by atoms with Crippen molar-refractivity contribution in [1.82, 2.24) is 19.9 Å². The molecular formula is C24H24N4O4. The monoisotopic (exact) mass is 432 g/mol. The van der Waals surface area contributed by atoms with E-state index in [0.29, 0.717) is 35.8 Å². The second-order valence-electron chi connectivity index (χ2n) is 7.07. The van der Waals surface area contributed by atoms with E-state index in [1.165, 1.54) is 0 Å². The fourth-order valence-corrected chi connectivity index (χ4v) is 3.35. The van der Waals surface area contributed by atoms with Crippen molar-refractivity contribution in [2.24, 2.45) is 0 Å². The van der Waals surface area contributed by atoms with Crippen LogP contribution < -0.4 is 19.5 Å². The summed E-state index contributed by atoms with van der Waals surface area (Å²) in [6, 6.07) is 16.9. The maximum Gasteiger partial charge on any atom is 0.271 e. The summed E-state index contributed by atoms with van der Waals surface area (Å²) in [6.45, 7) is 0.503. The highest BCUT2D eigenvalue weighted by Crippen LogP contribution is 2.31. The second kappa shape index (κ2) is 9.38. The molecule has 0 bridgehead atoms. The van der Waals surface area contributed by atoms with Gasteiger partial charge in [-0.2, -0.15) is 5.10 Å². The van der Waals surface area contributed by atoms with Gasteiger partial charge in [0.2, 0.25) is 0 Å². The predicted octanol–water partition coefficient (Wildman–Crippen LogP) is 3.39. The second-order valence-corrected chi connectivity index (χ2v) is 7.07. The largest absolute Gasteiger partial charge is 0.497 e. The zero-order chi connectivity index (χ0) is 22.5. The van der Waals surface area contributed by atoms with Crippen LogP contribution >= 0.6 is 0 Å². The van der Waals surface area contributed by atoms with Gasteiger partial charge in [-0.1, -0.05) is 12.1 Å². The third-order valence-electron chi connectivity index (χ3n) is 5.09. The summed E-state index contributed by atoms with van der Waals surface area (Å²) >= 11 is 0. The minimum atomic E-state index is -0.239. The molecule has 1 N–H and O–H groups in total. The van der Waals surface area contributed by atoms with E-state index >= 15 is 0 Å². The summed E-state index contributed by atoms with van der Waals surface area (Å²) in [6.07, 6.45) is 2.49. The number of carbonyl (C=O) groups excluding carboxylic acids is 1. The van der Waals surface area contributed by atoms with Crippen molar-refractivity contribution in [1.29, 1.82) is 0 Å². The van der Waals surface area contributed by atoms with Gasteiger partial charge >= 0.3 is 0 Å². The highest BCUT2D eigenvalue weighted by molar-refractivity contribution is 5.93. The molecule has 8 heteroatoms. The van der Waals surface area contributed by atoms with Gasteiger partial charge in [0.05, 0.1) is 27.0 Å². The molecule has 0 unspecified atom stereocenters. The number of carbonyl (C=O) groups is 1. The van der Waals surface area contributed by atoms with E-state index in [0.717, 1.165) is 22.6 Å². The first-order valence-corrected chi connectivity index (χ1v) is 10.1. The van der Waals surface area contributed by atoms with Crippen LogP contribution in [0.25, 0.3) is 16.9 Å². The zero-order valence-electron chi connectivity index (χ0n) is 18.2. The van der Waals surface area contributed by atoms with Gasteiger partial charge in [0.15, 0.2) is 22.8 Å². The number of hydrogen-bond acceptors (Lipinski definition) is 6. The van der Waals surface area contributed by atoms with Crippen LogP contribution in [0.5, 0.6) is 17.2 Å². The van der Waals surface area contributed by atoms with E-state index in [1.54, 1.807) is 38.1 Å². The molecule has 2 heterocycles. The Labute approximate surface area is 185 Å². The van der Waals surface area contributed by atoms with Gasteiger partial charge < -0.3 is 19.5 Å². The van der Waals surface area contributed by atoms with Crippen molar-refractivity contribution in [2.75, 3.05) is 27.9 Å². The first kappa shape index (κ1) is 21.2. The normalized spacial score (nSPS) is 10.7. The molecule has 0 spiro atoms. The summed E-state index contributed by atoms with van der Waals surface area (Å²) in [4.78, 5) is 17.2. The van der Waals surface area contributed by atoms with Gasteiger partial charge in [-0.3, -0.25) is 4.79 Å². The number of hydrogen-bond donors (Lipinski definition) is 1. The van der Waals surface area contributed by atoms with E-state index in [9.17, 15) is 4.79 Å². The van der Waals surface area contributed by atoms with Crippen molar-refractivity contribution in [3.63, 3.8) is 0 Å². The van der Waals surface area contributed by atoms with Gasteiger partial charge in [0.25, 0.3) is 5.91 Å². The van der Waals surface area contributed by atoms with Crippen LogP contribution in [0.2, 0.25) is 0 Å². The molecule has 0 atom stereocenters. The van der Waals surface area contributed by atoms with Gasteiger partial charge in [-0.25, -0.2) is 9.50 Å². The molecule has 0 saturated carbocycles. The van der Waals surface area contributed by atoms with Crippen LogP contribution in [0, 0.1) is 0 Å². The number of nitrogens with one attached hydrogen (secondary N) is 1. The van der Waals surface area contributed by atoms with E-state index in [2.05, 4.69) is 15.4 Å². The molecule has 1 amide bonds. The van der Waals surface area contributed by atoms with Crippen molar-refractivity contribution in [3.05, 3.63) is 72.1 Å². The van der Waals surface area contributed by atoms with E-state index in [1.807, 2.05) is 48.5 Å². The molecule has 32 heavy (non-hydrogen) atoms. The number of benzene rings is 2. The van der Waals surface area contributed by atoms with Crippen LogP contribution in [0.15, 0.2) is 60.8 Å². The number of amides is 1. The SMILES string of the molecule is COc1ccc(CCNC(=O)c2cc3nc(-c4ccc(OC)c(OC)c4)ccn3n2)cc1. The molecule has 0 aliphatic heterocycles. The fraction of sp³-hybridized carbons (Fsp3) is 0.208. The molecule has 8 nitrogen and oxygen atoms in total. The van der Waals surface area contributed by atoms with Gasteiger partial charge in [0, 0.05) is 24.4 Å². The van der Waals surface area contributed by atoms with Crippen LogP contribution in [-0.4, -0.2) is 48.4 Å². The molecule has 0 fully saturated rings. The minimum absolute atomic E-state index is 0.239. The lowest BCUT2D eigenvalue weighted by Gasteiger charge is -2.09. The molecule has 164 valence electrons. The number of fused-ring (bicyclic) bond motifs is 1.